The van der Waals surface area contributed by atoms with Gasteiger partial charge in [0.25, 0.3) is 5.56 Å². The molecule has 1 aromatic heterocycles. The molecule has 1 aliphatic heterocycles. The molecule has 18 nitrogen and oxygen atoms in total. The Morgan fingerprint density at radius 1 is 1.06 bits per heavy atom. The Morgan fingerprint density at radius 2 is 1.66 bits per heavy atom. The number of phosphoric acid groups is 3. The van der Waals surface area contributed by atoms with E-state index < -0.39 is 65.7 Å². The Bertz CT molecular complexity index is 1110. The molecule has 0 amide bonds. The lowest BCUT2D eigenvalue weighted by atomic mass is 10.0. The molecule has 1 aromatic rings. The number of H-pyrrole nitrogens is 1. The van der Waals surface area contributed by atoms with Crippen molar-refractivity contribution < 1.29 is 61.4 Å². The molecule has 2 heterocycles. The number of rotatable bonds is 9. The second-order valence-corrected chi connectivity index (χ2v) is 10.7. The van der Waals surface area contributed by atoms with Crippen LogP contribution in [0.15, 0.2) is 9.59 Å². The van der Waals surface area contributed by atoms with E-state index in [9.17, 15) is 38.4 Å². The van der Waals surface area contributed by atoms with Crippen molar-refractivity contribution in [2.24, 2.45) is 7.05 Å². The Labute approximate surface area is 177 Å². The first-order valence-electron chi connectivity index (χ1n) is 8.29. The van der Waals surface area contributed by atoms with Crippen molar-refractivity contribution in [2.75, 3.05) is 19.0 Å². The average molecular weight is 527 g/mol. The predicted octanol–water partition coefficient (Wildman–Crippen LogP) is -2.38. The third-order valence-electron chi connectivity index (χ3n) is 4.06. The first-order valence-corrected chi connectivity index (χ1v) is 12.8. The SMILES string of the molecule is CNc1c([C@@H]2O[C@H](COP(=O)(O)OP(=O)(O)OP(=O)(O)O)[C@@H](O)[C@H]2O)c(=O)[nH]c(=O)n1C. The minimum absolute atomic E-state index is 0.0662. The first-order chi connectivity index (χ1) is 14.5. The van der Waals surface area contributed by atoms with Gasteiger partial charge in [-0.3, -0.25) is 18.9 Å². The minimum Gasteiger partial charge on any atom is -0.387 e. The van der Waals surface area contributed by atoms with Crippen molar-refractivity contribution in [1.29, 1.82) is 0 Å². The topological polar surface area (TPSA) is 276 Å². The second-order valence-electron chi connectivity index (χ2n) is 6.29. The molecule has 0 aliphatic carbocycles. The summed E-state index contributed by atoms with van der Waals surface area (Å²) in [6.07, 6.45) is -6.73. The average Bonchev–Trinajstić information content (AvgIpc) is 2.88. The number of phosphoric ester groups is 1. The van der Waals surface area contributed by atoms with Crippen LogP contribution in [0.1, 0.15) is 11.7 Å². The Balaban J connectivity index is 2.19. The molecular weight excluding hydrogens is 507 g/mol. The zero-order chi connectivity index (χ0) is 24.6. The lowest BCUT2D eigenvalue weighted by Gasteiger charge is -2.19. The molecule has 2 rings (SSSR count). The van der Waals surface area contributed by atoms with E-state index in [1.807, 2.05) is 4.98 Å². The summed E-state index contributed by atoms with van der Waals surface area (Å²) in [6, 6.07) is 0. The smallest absolute Gasteiger partial charge is 0.387 e. The van der Waals surface area contributed by atoms with Crippen LogP contribution < -0.4 is 16.6 Å². The number of nitrogens with zero attached hydrogens (tertiary/aromatic N) is 1. The number of ether oxygens (including phenoxy) is 1. The van der Waals surface area contributed by atoms with Gasteiger partial charge in [-0.2, -0.15) is 8.62 Å². The monoisotopic (exact) mass is 527 g/mol. The van der Waals surface area contributed by atoms with Crippen LogP contribution in [-0.2, 0) is 38.6 Å². The highest BCUT2D eigenvalue weighted by molar-refractivity contribution is 7.66. The summed E-state index contributed by atoms with van der Waals surface area (Å²) in [6.45, 7) is -1.06. The summed E-state index contributed by atoms with van der Waals surface area (Å²) < 4.78 is 51.5. The Kier molecular flexibility index (Phi) is 8.07. The molecule has 1 fully saturated rings. The highest BCUT2D eigenvalue weighted by atomic mass is 31.3. The van der Waals surface area contributed by atoms with Crippen molar-refractivity contribution >= 4 is 29.3 Å². The maximum Gasteiger partial charge on any atom is 0.490 e. The van der Waals surface area contributed by atoms with Crippen molar-refractivity contribution in [3.05, 3.63) is 26.4 Å². The molecule has 0 spiro atoms. The normalized spacial score (nSPS) is 27.6. The van der Waals surface area contributed by atoms with Crippen molar-refractivity contribution in [2.45, 2.75) is 24.4 Å². The van der Waals surface area contributed by atoms with Crippen LogP contribution in [0.3, 0.4) is 0 Å². The molecule has 184 valence electrons. The van der Waals surface area contributed by atoms with E-state index >= 15 is 0 Å². The molecule has 0 radical (unpaired) electrons. The number of aliphatic hydroxyl groups is 2. The minimum atomic E-state index is -5.75. The molecule has 8 N–H and O–H groups in total. The van der Waals surface area contributed by atoms with Gasteiger partial charge in [0, 0.05) is 14.1 Å². The van der Waals surface area contributed by atoms with E-state index in [0.717, 1.165) is 4.57 Å². The van der Waals surface area contributed by atoms with Gasteiger partial charge >= 0.3 is 29.2 Å². The number of nitrogens with one attached hydrogen (secondary N) is 2. The summed E-state index contributed by atoms with van der Waals surface area (Å²) in [5, 5.41) is 23.0. The van der Waals surface area contributed by atoms with Gasteiger partial charge in [-0.1, -0.05) is 0 Å². The van der Waals surface area contributed by atoms with E-state index in [1.54, 1.807) is 0 Å². The number of aromatic nitrogens is 2. The van der Waals surface area contributed by atoms with Crippen LogP contribution in [0.25, 0.3) is 0 Å². The summed E-state index contributed by atoms with van der Waals surface area (Å²) in [5.41, 5.74) is -2.04. The Hall–Kier alpha value is -1.23. The van der Waals surface area contributed by atoms with E-state index in [1.165, 1.54) is 14.1 Å². The van der Waals surface area contributed by atoms with Crippen LogP contribution in [0.4, 0.5) is 5.82 Å². The number of aliphatic hydroxyl groups excluding tert-OH is 2. The highest BCUT2D eigenvalue weighted by Crippen LogP contribution is 2.66. The maximum atomic E-state index is 12.3. The lowest BCUT2D eigenvalue weighted by Crippen LogP contribution is -2.37. The highest BCUT2D eigenvalue weighted by Gasteiger charge is 2.47. The van der Waals surface area contributed by atoms with Gasteiger partial charge in [0.05, 0.1) is 12.2 Å². The van der Waals surface area contributed by atoms with Crippen molar-refractivity contribution in [3.63, 3.8) is 0 Å². The van der Waals surface area contributed by atoms with Crippen LogP contribution >= 0.6 is 23.5 Å². The fourth-order valence-corrected chi connectivity index (χ4v) is 5.83. The quantitative estimate of drug-likeness (QED) is 0.156. The molecule has 0 bridgehead atoms. The molecular formula is C11H20N3O15P3. The largest absolute Gasteiger partial charge is 0.490 e. The summed E-state index contributed by atoms with van der Waals surface area (Å²) in [4.78, 5) is 61.5. The fourth-order valence-electron chi connectivity index (χ4n) is 2.80. The Morgan fingerprint density at radius 3 is 2.19 bits per heavy atom. The predicted molar refractivity (Wildman–Crippen MR) is 101 cm³/mol. The fraction of sp³-hybridized carbons (Fsp3) is 0.636. The van der Waals surface area contributed by atoms with E-state index in [2.05, 4.69) is 18.5 Å². The van der Waals surface area contributed by atoms with Crippen molar-refractivity contribution in [3.8, 4) is 0 Å². The molecule has 0 aromatic carbocycles. The third kappa shape index (κ3) is 6.42. The molecule has 2 unspecified atom stereocenters. The van der Waals surface area contributed by atoms with Crippen LogP contribution in [-0.4, -0.2) is 71.3 Å². The summed E-state index contributed by atoms with van der Waals surface area (Å²) in [5.74, 6) is -0.0662. The molecule has 6 atom stereocenters. The molecule has 21 heteroatoms. The van der Waals surface area contributed by atoms with Gasteiger partial charge in [-0.15, -0.1) is 0 Å². The van der Waals surface area contributed by atoms with E-state index in [4.69, 9.17) is 19.4 Å². The van der Waals surface area contributed by atoms with Crippen LogP contribution in [0.2, 0.25) is 0 Å². The number of anilines is 1. The number of aromatic amines is 1. The van der Waals surface area contributed by atoms with E-state index in [0.29, 0.717) is 0 Å². The molecule has 32 heavy (non-hydrogen) atoms. The van der Waals surface area contributed by atoms with Gasteiger partial charge in [-0.05, 0) is 0 Å². The molecule has 1 aliphatic rings. The zero-order valence-electron chi connectivity index (χ0n) is 16.2. The van der Waals surface area contributed by atoms with Gasteiger partial charge in [0.1, 0.15) is 30.2 Å². The van der Waals surface area contributed by atoms with Gasteiger partial charge in [0.15, 0.2) is 0 Å². The second kappa shape index (κ2) is 9.56. The molecule has 1 saturated heterocycles. The van der Waals surface area contributed by atoms with Gasteiger partial charge < -0.3 is 39.8 Å². The van der Waals surface area contributed by atoms with Gasteiger partial charge in [-0.25, -0.2) is 18.5 Å². The van der Waals surface area contributed by atoms with E-state index in [-0.39, 0.29) is 11.4 Å². The first kappa shape index (κ1) is 27.0. The van der Waals surface area contributed by atoms with Crippen LogP contribution in [0.5, 0.6) is 0 Å². The zero-order valence-corrected chi connectivity index (χ0v) is 18.8. The van der Waals surface area contributed by atoms with Crippen molar-refractivity contribution in [1.82, 2.24) is 9.55 Å². The summed E-state index contributed by atoms with van der Waals surface area (Å²) in [7, 11) is -14.2. The van der Waals surface area contributed by atoms with Crippen LogP contribution in [0, 0.1) is 0 Å². The standard InChI is InChI=1S/C11H20N3O15P3/c1-12-9-5(10(17)13-11(18)14(9)2)8-7(16)6(15)4(27-8)3-26-31(22,23)29-32(24,25)28-30(19,20)21/h4,6-8,12,15-16H,3H2,1-2H3,(H,22,23)(H,24,25)(H,13,17,18)(H2,19,20,21)/t4-,6-,7-,8+/m1/s1. The van der Waals surface area contributed by atoms with Gasteiger partial charge in [0.2, 0.25) is 0 Å². The number of hydrogen-bond acceptors (Lipinski definition) is 12. The number of hydrogen-bond donors (Lipinski definition) is 8. The lowest BCUT2D eigenvalue weighted by molar-refractivity contribution is -0.0226. The maximum absolute atomic E-state index is 12.3. The summed E-state index contributed by atoms with van der Waals surface area (Å²) >= 11 is 0. The third-order valence-corrected chi connectivity index (χ3v) is 7.86. The molecule has 0 saturated carbocycles.